The molecule has 10 heteroatoms. The highest BCUT2D eigenvalue weighted by Crippen LogP contribution is 2.34. The minimum absolute atomic E-state index is 0.247. The van der Waals surface area contributed by atoms with Crippen LogP contribution in [0.4, 0.5) is 13.2 Å². The van der Waals surface area contributed by atoms with E-state index >= 15 is 0 Å². The molecule has 3 N–H and O–H groups in total. The number of phenols is 1. The number of nitrogens with one attached hydrogen (secondary N) is 1. The molecule has 1 atom stereocenters. The Kier molecular flexibility index (Phi) is 5.08. The maximum absolute atomic E-state index is 12.6. The number of aromatic hydroxyl groups is 1. The molecule has 0 unspecified atom stereocenters. The highest BCUT2D eigenvalue weighted by Gasteiger charge is 2.34. The molecular weight excluding hydrogens is 327 g/mol. The van der Waals surface area contributed by atoms with Gasteiger partial charge in [-0.15, -0.1) is 0 Å². The lowest BCUT2D eigenvalue weighted by Gasteiger charge is -2.19. The van der Waals surface area contributed by atoms with E-state index in [1.54, 1.807) is 4.72 Å². The quantitative estimate of drug-likeness (QED) is 0.758. The molecule has 0 bridgehead atoms. The summed E-state index contributed by atoms with van der Waals surface area (Å²) in [4.78, 5) is 9.96. The van der Waals surface area contributed by atoms with Crippen LogP contribution < -0.4 is 4.72 Å². The minimum atomic E-state index is -4.80. The molecule has 0 fully saturated rings. The third-order valence-corrected chi connectivity index (χ3v) is 4.26. The highest BCUT2D eigenvalue weighted by molar-refractivity contribution is 7.89. The predicted octanol–water partition coefficient (Wildman–Crippen LogP) is 1.80. The summed E-state index contributed by atoms with van der Waals surface area (Å²) in [5, 5.41) is 18.4. The van der Waals surface area contributed by atoms with Gasteiger partial charge in [-0.2, -0.15) is 17.9 Å². The number of carboxylic acids is 1. The van der Waals surface area contributed by atoms with Gasteiger partial charge >= 0.3 is 12.1 Å². The molecule has 0 saturated carbocycles. The minimum Gasteiger partial charge on any atom is -0.507 e. The molecule has 0 amide bonds. The number of halogens is 3. The van der Waals surface area contributed by atoms with Gasteiger partial charge in [0.1, 0.15) is 16.7 Å². The molecule has 0 aromatic heterocycles. The van der Waals surface area contributed by atoms with Crippen molar-refractivity contribution >= 4 is 16.0 Å². The molecular formula is C12H14F3NO5S. The van der Waals surface area contributed by atoms with Crippen LogP contribution in [0, 0.1) is 5.92 Å². The monoisotopic (exact) mass is 341 g/mol. The number of aliphatic carboxylic acids is 1. The molecule has 124 valence electrons. The molecule has 1 aromatic rings. The van der Waals surface area contributed by atoms with Crippen molar-refractivity contribution in [3.63, 3.8) is 0 Å². The first-order valence-corrected chi connectivity index (χ1v) is 7.50. The van der Waals surface area contributed by atoms with Crippen molar-refractivity contribution in [1.29, 1.82) is 0 Å². The molecule has 0 aliphatic heterocycles. The first kappa shape index (κ1) is 18.2. The Balaban J connectivity index is 3.31. The summed E-state index contributed by atoms with van der Waals surface area (Å²) in [6.07, 6.45) is -4.80. The van der Waals surface area contributed by atoms with Crippen molar-refractivity contribution < 1.29 is 36.6 Å². The lowest BCUT2D eigenvalue weighted by atomic mass is 10.1. The SMILES string of the molecule is CC(C)[C@@H](NS(=O)(=O)c1cc(C(F)(F)F)ccc1O)C(=O)O. The number of phenolic OH excluding ortho intramolecular Hbond substituents is 1. The van der Waals surface area contributed by atoms with Gasteiger partial charge in [0.05, 0.1) is 5.56 Å². The van der Waals surface area contributed by atoms with E-state index in [4.69, 9.17) is 5.11 Å². The van der Waals surface area contributed by atoms with Gasteiger partial charge in [-0.25, -0.2) is 8.42 Å². The van der Waals surface area contributed by atoms with E-state index in [1.165, 1.54) is 13.8 Å². The van der Waals surface area contributed by atoms with Crippen LogP contribution in [0.25, 0.3) is 0 Å². The van der Waals surface area contributed by atoms with E-state index < -0.39 is 50.3 Å². The average molecular weight is 341 g/mol. The number of benzene rings is 1. The van der Waals surface area contributed by atoms with Crippen LogP contribution >= 0.6 is 0 Å². The summed E-state index contributed by atoms with van der Waals surface area (Å²) >= 11 is 0. The predicted molar refractivity (Wildman–Crippen MR) is 69.7 cm³/mol. The third kappa shape index (κ3) is 4.10. The lowest BCUT2D eigenvalue weighted by Crippen LogP contribution is -2.44. The Morgan fingerprint density at radius 3 is 2.23 bits per heavy atom. The standard InChI is InChI=1S/C12H14F3NO5S/c1-6(2)10(11(18)19)16-22(20,21)9-5-7(12(13,14)15)3-4-8(9)17/h3-6,10,16-17H,1-2H3,(H,18,19)/t10-/m1/s1. The number of carboxylic acid groups (broad SMARTS) is 1. The molecule has 22 heavy (non-hydrogen) atoms. The largest absolute Gasteiger partial charge is 0.507 e. The molecule has 6 nitrogen and oxygen atoms in total. The number of alkyl halides is 3. The van der Waals surface area contributed by atoms with Gasteiger partial charge < -0.3 is 10.2 Å². The smallest absolute Gasteiger partial charge is 0.416 e. The molecule has 0 spiro atoms. The van der Waals surface area contributed by atoms with Crippen molar-refractivity contribution in [2.75, 3.05) is 0 Å². The van der Waals surface area contributed by atoms with Crippen LogP contribution in [0.3, 0.4) is 0 Å². The first-order valence-electron chi connectivity index (χ1n) is 6.01. The number of hydrogen-bond donors (Lipinski definition) is 3. The molecule has 1 aromatic carbocycles. The number of sulfonamides is 1. The fourth-order valence-electron chi connectivity index (χ4n) is 1.61. The summed E-state index contributed by atoms with van der Waals surface area (Å²) < 4.78 is 63.7. The summed E-state index contributed by atoms with van der Waals surface area (Å²) in [5.41, 5.74) is -1.28. The zero-order chi connectivity index (χ0) is 17.3. The van der Waals surface area contributed by atoms with E-state index in [0.717, 1.165) is 0 Å². The topological polar surface area (TPSA) is 104 Å². The Labute approximate surface area is 124 Å². The van der Waals surface area contributed by atoms with Gasteiger partial charge in [0.15, 0.2) is 0 Å². The number of rotatable bonds is 5. The number of hydrogen-bond acceptors (Lipinski definition) is 4. The van der Waals surface area contributed by atoms with Crippen LogP contribution in [0.1, 0.15) is 19.4 Å². The van der Waals surface area contributed by atoms with Crippen LogP contribution in [0.2, 0.25) is 0 Å². The van der Waals surface area contributed by atoms with E-state index in [0.29, 0.717) is 12.1 Å². The Hall–Kier alpha value is -1.81. The van der Waals surface area contributed by atoms with Gasteiger partial charge in [-0.1, -0.05) is 13.8 Å². The van der Waals surface area contributed by atoms with Crippen molar-refractivity contribution in [2.24, 2.45) is 5.92 Å². The molecule has 0 aliphatic rings. The normalized spacial score (nSPS) is 14.1. The molecule has 0 heterocycles. The maximum Gasteiger partial charge on any atom is 0.416 e. The average Bonchev–Trinajstić information content (AvgIpc) is 2.34. The Morgan fingerprint density at radius 2 is 1.82 bits per heavy atom. The lowest BCUT2D eigenvalue weighted by molar-refractivity contribution is -0.140. The van der Waals surface area contributed by atoms with E-state index in [-0.39, 0.29) is 6.07 Å². The summed E-state index contributed by atoms with van der Waals surface area (Å²) in [5.74, 6) is -3.04. The van der Waals surface area contributed by atoms with Gasteiger partial charge in [0.2, 0.25) is 10.0 Å². The van der Waals surface area contributed by atoms with Gasteiger partial charge in [-0.05, 0) is 24.1 Å². The second kappa shape index (κ2) is 6.13. The fourth-order valence-corrected chi connectivity index (χ4v) is 3.07. The second-order valence-electron chi connectivity index (χ2n) is 4.86. The number of carbonyl (C=O) groups is 1. The first-order chi connectivity index (χ1) is 9.86. The Bertz CT molecular complexity index is 670. The van der Waals surface area contributed by atoms with Gasteiger partial charge in [0, 0.05) is 0 Å². The van der Waals surface area contributed by atoms with Crippen molar-refractivity contribution in [3.8, 4) is 5.75 Å². The molecule has 0 radical (unpaired) electrons. The third-order valence-electron chi connectivity index (χ3n) is 2.79. The van der Waals surface area contributed by atoms with Crippen molar-refractivity contribution in [3.05, 3.63) is 23.8 Å². The Morgan fingerprint density at radius 1 is 1.27 bits per heavy atom. The maximum atomic E-state index is 12.6. The zero-order valence-corrected chi connectivity index (χ0v) is 12.4. The van der Waals surface area contributed by atoms with Crippen LogP contribution in [0.5, 0.6) is 5.75 Å². The fraction of sp³-hybridized carbons (Fsp3) is 0.417. The summed E-state index contributed by atoms with van der Waals surface area (Å²) in [6, 6.07) is -0.191. The second-order valence-corrected chi connectivity index (χ2v) is 6.54. The van der Waals surface area contributed by atoms with Crippen LogP contribution in [0.15, 0.2) is 23.1 Å². The van der Waals surface area contributed by atoms with Crippen LogP contribution in [-0.4, -0.2) is 30.6 Å². The van der Waals surface area contributed by atoms with Crippen molar-refractivity contribution in [1.82, 2.24) is 4.72 Å². The molecule has 0 aliphatic carbocycles. The van der Waals surface area contributed by atoms with E-state index in [1.807, 2.05) is 0 Å². The van der Waals surface area contributed by atoms with Gasteiger partial charge in [0.25, 0.3) is 0 Å². The summed E-state index contributed by atoms with van der Waals surface area (Å²) in [7, 11) is -4.64. The molecule has 1 rings (SSSR count). The zero-order valence-electron chi connectivity index (χ0n) is 11.5. The summed E-state index contributed by atoms with van der Waals surface area (Å²) in [6.45, 7) is 2.85. The van der Waals surface area contributed by atoms with E-state index in [2.05, 4.69) is 0 Å². The van der Waals surface area contributed by atoms with Crippen LogP contribution in [-0.2, 0) is 21.0 Å². The van der Waals surface area contributed by atoms with Gasteiger partial charge in [-0.3, -0.25) is 4.79 Å². The van der Waals surface area contributed by atoms with Crippen molar-refractivity contribution in [2.45, 2.75) is 31.0 Å². The van der Waals surface area contributed by atoms with E-state index in [9.17, 15) is 31.5 Å². The molecule has 0 saturated heterocycles. The highest BCUT2D eigenvalue weighted by atomic mass is 32.2.